The minimum atomic E-state index is -1.03. The molecule has 2 aromatic heterocycles. The van der Waals surface area contributed by atoms with Crippen LogP contribution in [0.4, 0.5) is 0 Å². The van der Waals surface area contributed by atoms with Gasteiger partial charge in [-0.15, -0.1) is 11.3 Å². The number of carbonyl (C=O) groups is 1. The van der Waals surface area contributed by atoms with Crippen molar-refractivity contribution in [3.63, 3.8) is 0 Å². The minimum Gasteiger partial charge on any atom is -0.475 e. The lowest BCUT2D eigenvalue weighted by Gasteiger charge is -2.15. The van der Waals surface area contributed by atoms with Crippen LogP contribution < -0.4 is 0 Å². The molecule has 0 radical (unpaired) electrons. The molecule has 3 rings (SSSR count). The molecule has 0 saturated carbocycles. The van der Waals surface area contributed by atoms with Gasteiger partial charge in [0.15, 0.2) is 0 Å². The van der Waals surface area contributed by atoms with Crippen molar-refractivity contribution in [3.8, 4) is 0 Å². The molecule has 100 valence electrons. The zero-order chi connectivity index (χ0) is 13.4. The number of fused-ring (bicyclic) bond motifs is 1. The van der Waals surface area contributed by atoms with Crippen molar-refractivity contribution in [3.05, 3.63) is 39.2 Å². The Kier molecular flexibility index (Phi) is 3.14. The molecule has 1 atom stereocenters. The van der Waals surface area contributed by atoms with E-state index in [0.29, 0.717) is 12.2 Å². The maximum absolute atomic E-state index is 10.8. The van der Waals surface area contributed by atoms with E-state index in [1.807, 2.05) is 0 Å². The van der Waals surface area contributed by atoms with Crippen LogP contribution in [-0.2, 0) is 19.3 Å². The van der Waals surface area contributed by atoms with Gasteiger partial charge in [0.05, 0.1) is 12.1 Å². The van der Waals surface area contributed by atoms with Gasteiger partial charge in [-0.25, -0.2) is 9.78 Å². The largest absolute Gasteiger partial charge is 0.475 e. The first-order valence-electron chi connectivity index (χ1n) is 6.41. The number of carboxylic acid groups (broad SMARTS) is 1. The second-order valence-corrected chi connectivity index (χ2v) is 6.24. The quantitative estimate of drug-likeness (QED) is 0.936. The van der Waals surface area contributed by atoms with Gasteiger partial charge in [-0.2, -0.15) is 0 Å². The fourth-order valence-corrected chi connectivity index (χ4v) is 3.69. The van der Waals surface area contributed by atoms with Crippen LogP contribution in [0.25, 0.3) is 0 Å². The lowest BCUT2D eigenvalue weighted by molar-refractivity contribution is 0.0660. The van der Waals surface area contributed by atoms with Gasteiger partial charge in [-0.05, 0) is 37.3 Å². The molecule has 1 aliphatic carbocycles. The molecule has 1 aliphatic rings. The van der Waals surface area contributed by atoms with E-state index < -0.39 is 5.97 Å². The van der Waals surface area contributed by atoms with Crippen LogP contribution >= 0.6 is 11.3 Å². The van der Waals surface area contributed by atoms with Gasteiger partial charge in [0.1, 0.15) is 10.8 Å². The molecule has 2 aromatic rings. The van der Waals surface area contributed by atoms with E-state index in [2.05, 4.69) is 11.9 Å². The molecular weight excluding hydrogens is 262 g/mol. The molecule has 4 nitrogen and oxygen atoms in total. The van der Waals surface area contributed by atoms with Gasteiger partial charge >= 0.3 is 5.97 Å². The lowest BCUT2D eigenvalue weighted by atomic mass is 9.93. The fourth-order valence-electron chi connectivity index (χ4n) is 2.41. The van der Waals surface area contributed by atoms with E-state index in [1.54, 1.807) is 17.4 Å². The molecule has 0 fully saturated rings. The highest BCUT2D eigenvalue weighted by molar-refractivity contribution is 7.11. The standard InChI is InChI=1S/C14H15NO3S/c1-8-2-4-10-12(6-8)19-13(15-10)7-9-3-5-11(18-9)14(16)17/h3,5,8H,2,4,6-7H2,1H3,(H,16,17). The third kappa shape index (κ3) is 2.56. The van der Waals surface area contributed by atoms with E-state index in [1.165, 1.54) is 23.1 Å². The Morgan fingerprint density at radius 3 is 3.16 bits per heavy atom. The van der Waals surface area contributed by atoms with E-state index in [9.17, 15) is 4.79 Å². The van der Waals surface area contributed by atoms with E-state index in [0.717, 1.165) is 23.8 Å². The predicted molar refractivity (Wildman–Crippen MR) is 71.8 cm³/mol. The normalized spacial score (nSPS) is 18.3. The van der Waals surface area contributed by atoms with Gasteiger partial charge in [0.25, 0.3) is 0 Å². The number of furan rings is 1. The van der Waals surface area contributed by atoms with E-state index in [-0.39, 0.29) is 5.76 Å². The van der Waals surface area contributed by atoms with Crippen molar-refractivity contribution in [2.24, 2.45) is 5.92 Å². The van der Waals surface area contributed by atoms with Crippen molar-refractivity contribution >= 4 is 17.3 Å². The number of rotatable bonds is 3. The topological polar surface area (TPSA) is 63.3 Å². The SMILES string of the molecule is CC1CCc2nc(Cc3ccc(C(=O)O)o3)sc2C1. The molecule has 0 spiro atoms. The summed E-state index contributed by atoms with van der Waals surface area (Å²) < 4.78 is 5.27. The summed E-state index contributed by atoms with van der Waals surface area (Å²) >= 11 is 1.73. The summed E-state index contributed by atoms with van der Waals surface area (Å²) in [5.41, 5.74) is 1.23. The van der Waals surface area contributed by atoms with Gasteiger partial charge in [-0.1, -0.05) is 6.92 Å². The van der Waals surface area contributed by atoms with Crippen LogP contribution in [0.1, 0.15) is 45.2 Å². The van der Waals surface area contributed by atoms with Gasteiger partial charge in [0, 0.05) is 4.88 Å². The summed E-state index contributed by atoms with van der Waals surface area (Å²) in [6.45, 7) is 2.27. The second kappa shape index (κ2) is 4.81. The molecule has 0 amide bonds. The summed E-state index contributed by atoms with van der Waals surface area (Å²) in [6, 6.07) is 3.21. The number of aromatic carboxylic acids is 1. The van der Waals surface area contributed by atoms with Crippen LogP contribution in [-0.4, -0.2) is 16.1 Å². The second-order valence-electron chi connectivity index (χ2n) is 5.07. The van der Waals surface area contributed by atoms with Crippen LogP contribution in [0.15, 0.2) is 16.5 Å². The van der Waals surface area contributed by atoms with Crippen LogP contribution in [0.5, 0.6) is 0 Å². The Morgan fingerprint density at radius 2 is 2.42 bits per heavy atom. The van der Waals surface area contributed by atoms with Gasteiger partial charge in [-0.3, -0.25) is 0 Å². The number of hydrogen-bond donors (Lipinski definition) is 1. The molecule has 1 N–H and O–H groups in total. The molecule has 0 aliphatic heterocycles. The molecule has 5 heteroatoms. The first-order chi connectivity index (χ1) is 9.11. The predicted octanol–water partition coefficient (Wildman–Crippen LogP) is 3.15. The number of aromatic nitrogens is 1. The van der Waals surface area contributed by atoms with Gasteiger partial charge in [0.2, 0.25) is 5.76 Å². The summed E-state index contributed by atoms with van der Waals surface area (Å²) in [6.07, 6.45) is 3.97. The van der Waals surface area contributed by atoms with Crippen LogP contribution in [0.3, 0.4) is 0 Å². The van der Waals surface area contributed by atoms with Crippen LogP contribution in [0, 0.1) is 5.92 Å². The zero-order valence-electron chi connectivity index (χ0n) is 10.7. The van der Waals surface area contributed by atoms with Gasteiger partial charge < -0.3 is 9.52 Å². The lowest BCUT2D eigenvalue weighted by Crippen LogP contribution is -2.09. The van der Waals surface area contributed by atoms with Crippen molar-refractivity contribution < 1.29 is 14.3 Å². The van der Waals surface area contributed by atoms with Crippen molar-refractivity contribution in [2.75, 3.05) is 0 Å². The third-order valence-corrected chi connectivity index (χ3v) is 4.55. The number of hydrogen-bond acceptors (Lipinski definition) is 4. The summed E-state index contributed by atoms with van der Waals surface area (Å²) in [5, 5.41) is 9.84. The zero-order valence-corrected chi connectivity index (χ0v) is 11.5. The summed E-state index contributed by atoms with van der Waals surface area (Å²) in [5.74, 6) is 0.364. The molecular formula is C14H15NO3S. The van der Waals surface area contributed by atoms with Crippen molar-refractivity contribution in [1.82, 2.24) is 4.98 Å². The summed E-state index contributed by atoms with van der Waals surface area (Å²) in [7, 11) is 0. The monoisotopic (exact) mass is 277 g/mol. The fraction of sp³-hybridized carbons (Fsp3) is 0.429. The Morgan fingerprint density at radius 1 is 1.58 bits per heavy atom. The number of carboxylic acids is 1. The molecule has 1 unspecified atom stereocenters. The molecule has 0 saturated heterocycles. The van der Waals surface area contributed by atoms with E-state index >= 15 is 0 Å². The highest BCUT2D eigenvalue weighted by Crippen LogP contribution is 2.30. The summed E-state index contributed by atoms with van der Waals surface area (Å²) in [4.78, 5) is 16.8. The molecule has 0 bridgehead atoms. The first-order valence-corrected chi connectivity index (χ1v) is 7.23. The number of nitrogens with zero attached hydrogens (tertiary/aromatic N) is 1. The first kappa shape index (κ1) is 12.4. The highest BCUT2D eigenvalue weighted by Gasteiger charge is 2.20. The molecule has 19 heavy (non-hydrogen) atoms. The Bertz CT molecular complexity index is 614. The molecule has 2 heterocycles. The Hall–Kier alpha value is -1.62. The number of aryl methyl sites for hydroxylation is 1. The van der Waals surface area contributed by atoms with Crippen LogP contribution in [0.2, 0.25) is 0 Å². The maximum atomic E-state index is 10.8. The highest BCUT2D eigenvalue weighted by atomic mass is 32.1. The maximum Gasteiger partial charge on any atom is 0.371 e. The Labute approximate surface area is 115 Å². The number of thiazole rings is 1. The van der Waals surface area contributed by atoms with Crippen molar-refractivity contribution in [2.45, 2.75) is 32.6 Å². The van der Waals surface area contributed by atoms with Crippen molar-refractivity contribution in [1.29, 1.82) is 0 Å². The minimum absolute atomic E-state index is 0.00931. The molecule has 0 aromatic carbocycles. The van der Waals surface area contributed by atoms with E-state index in [4.69, 9.17) is 9.52 Å². The third-order valence-electron chi connectivity index (χ3n) is 3.43. The smallest absolute Gasteiger partial charge is 0.371 e. The Balaban J connectivity index is 1.78. The average Bonchev–Trinajstić information content (AvgIpc) is 2.95. The average molecular weight is 277 g/mol.